The van der Waals surface area contributed by atoms with E-state index in [1.54, 1.807) is 13.4 Å². The van der Waals surface area contributed by atoms with E-state index in [0.717, 1.165) is 29.6 Å². The number of H-pyrrole nitrogens is 1. The number of nitrogens with zero attached hydrogens (tertiary/aromatic N) is 4. The summed E-state index contributed by atoms with van der Waals surface area (Å²) in [7, 11) is 3.70. The van der Waals surface area contributed by atoms with Crippen LogP contribution in [-0.4, -0.2) is 53.3 Å². The average Bonchev–Trinajstić information content (AvgIpc) is 3.39. The van der Waals surface area contributed by atoms with Crippen LogP contribution in [0.3, 0.4) is 0 Å². The van der Waals surface area contributed by atoms with Crippen molar-refractivity contribution in [2.45, 2.75) is 19.9 Å². The molecule has 2 heterocycles. The van der Waals surface area contributed by atoms with Gasteiger partial charge in [-0.15, -0.1) is 0 Å². The van der Waals surface area contributed by atoms with Crippen molar-refractivity contribution in [2.24, 2.45) is 4.99 Å². The minimum absolute atomic E-state index is 0.559. The van der Waals surface area contributed by atoms with Crippen LogP contribution in [-0.2, 0) is 13.0 Å². The van der Waals surface area contributed by atoms with Crippen LogP contribution in [0.5, 0.6) is 5.75 Å². The predicted octanol–water partition coefficient (Wildman–Crippen LogP) is 2.71. The van der Waals surface area contributed by atoms with Gasteiger partial charge in [-0.25, -0.2) is 4.98 Å². The first-order valence-electron chi connectivity index (χ1n) is 9.27. The Labute approximate surface area is 164 Å². The molecule has 0 atom stereocenters. The Balaban J connectivity index is 1.62. The third-order valence-electron chi connectivity index (χ3n) is 4.18. The molecule has 28 heavy (non-hydrogen) atoms. The van der Waals surface area contributed by atoms with Gasteiger partial charge in [-0.3, -0.25) is 10.1 Å². The third kappa shape index (κ3) is 4.91. The standard InChI is InChI=1S/C20H26N6O2/c1-4-21-20(26(2)14-15-8-5-6-9-16(15)27-3)22-12-11-18-23-19(25-24-18)17-10-7-13-28-17/h5-10,13H,4,11-12,14H2,1-3H3,(H,21,22)(H,23,24,25). The molecule has 2 aromatic heterocycles. The van der Waals surface area contributed by atoms with Crippen molar-refractivity contribution in [3.8, 4) is 17.3 Å². The number of ether oxygens (including phenoxy) is 1. The quantitative estimate of drug-likeness (QED) is 0.460. The Morgan fingerprint density at radius 1 is 1.29 bits per heavy atom. The minimum Gasteiger partial charge on any atom is -0.496 e. The molecule has 3 rings (SSSR count). The van der Waals surface area contributed by atoms with Gasteiger partial charge >= 0.3 is 0 Å². The zero-order valence-electron chi connectivity index (χ0n) is 16.5. The number of methoxy groups -OCH3 is 1. The van der Waals surface area contributed by atoms with E-state index < -0.39 is 0 Å². The smallest absolute Gasteiger partial charge is 0.216 e. The van der Waals surface area contributed by atoms with E-state index in [2.05, 4.69) is 38.4 Å². The van der Waals surface area contributed by atoms with Crippen LogP contribution in [0.15, 0.2) is 52.1 Å². The molecule has 2 N–H and O–H groups in total. The Bertz CT molecular complexity index is 888. The summed E-state index contributed by atoms with van der Waals surface area (Å²) in [5, 5.41) is 10.5. The van der Waals surface area contributed by atoms with E-state index in [-0.39, 0.29) is 0 Å². The number of aromatic amines is 1. The summed E-state index contributed by atoms with van der Waals surface area (Å²) in [5.41, 5.74) is 1.11. The monoisotopic (exact) mass is 382 g/mol. The van der Waals surface area contributed by atoms with Gasteiger partial charge < -0.3 is 19.4 Å². The van der Waals surface area contributed by atoms with E-state index in [4.69, 9.17) is 14.1 Å². The van der Waals surface area contributed by atoms with E-state index in [1.807, 2.05) is 37.4 Å². The number of para-hydroxylation sites is 1. The maximum Gasteiger partial charge on any atom is 0.216 e. The van der Waals surface area contributed by atoms with Gasteiger partial charge in [0.25, 0.3) is 0 Å². The molecule has 0 unspecified atom stereocenters. The number of aliphatic imine (C=N–C) groups is 1. The molecule has 8 heteroatoms. The fourth-order valence-corrected chi connectivity index (χ4v) is 2.82. The number of rotatable bonds is 8. The topological polar surface area (TPSA) is 91.6 Å². The summed E-state index contributed by atoms with van der Waals surface area (Å²) in [6.45, 7) is 4.13. The molecular formula is C20H26N6O2. The van der Waals surface area contributed by atoms with Gasteiger partial charge in [0.2, 0.25) is 5.82 Å². The summed E-state index contributed by atoms with van der Waals surface area (Å²) in [6, 6.07) is 11.7. The van der Waals surface area contributed by atoms with Crippen LogP contribution in [0.25, 0.3) is 11.6 Å². The molecule has 3 aromatic rings. The summed E-state index contributed by atoms with van der Waals surface area (Å²) in [4.78, 5) is 11.2. The average molecular weight is 382 g/mol. The molecule has 1 aromatic carbocycles. The molecule has 0 fully saturated rings. The van der Waals surface area contributed by atoms with Crippen LogP contribution in [0.2, 0.25) is 0 Å². The van der Waals surface area contributed by atoms with Gasteiger partial charge in [-0.1, -0.05) is 18.2 Å². The van der Waals surface area contributed by atoms with E-state index in [0.29, 0.717) is 31.1 Å². The molecule has 148 valence electrons. The highest BCUT2D eigenvalue weighted by Crippen LogP contribution is 2.19. The Morgan fingerprint density at radius 3 is 2.89 bits per heavy atom. The highest BCUT2D eigenvalue weighted by molar-refractivity contribution is 5.79. The van der Waals surface area contributed by atoms with E-state index in [9.17, 15) is 0 Å². The number of nitrogens with one attached hydrogen (secondary N) is 2. The van der Waals surface area contributed by atoms with Crippen LogP contribution >= 0.6 is 0 Å². The lowest BCUT2D eigenvalue weighted by Gasteiger charge is -2.23. The van der Waals surface area contributed by atoms with Gasteiger partial charge in [0.1, 0.15) is 11.6 Å². The lowest BCUT2D eigenvalue weighted by atomic mass is 10.2. The molecule has 0 aliphatic carbocycles. The Hall–Kier alpha value is -3.29. The molecule has 0 bridgehead atoms. The number of benzene rings is 1. The van der Waals surface area contributed by atoms with Crippen molar-refractivity contribution >= 4 is 5.96 Å². The summed E-state index contributed by atoms with van der Waals surface area (Å²) in [5.74, 6) is 3.69. The minimum atomic E-state index is 0.559. The number of furan rings is 1. The molecule has 8 nitrogen and oxygen atoms in total. The first kappa shape index (κ1) is 19.5. The second-order valence-corrected chi connectivity index (χ2v) is 6.24. The fraction of sp³-hybridized carbons (Fsp3) is 0.350. The lowest BCUT2D eigenvalue weighted by Crippen LogP contribution is -2.38. The number of hydrogen-bond donors (Lipinski definition) is 2. The van der Waals surface area contributed by atoms with E-state index in [1.165, 1.54) is 0 Å². The van der Waals surface area contributed by atoms with Gasteiger partial charge in [-0.2, -0.15) is 5.10 Å². The van der Waals surface area contributed by atoms with Crippen molar-refractivity contribution in [2.75, 3.05) is 27.2 Å². The normalized spacial score (nSPS) is 11.5. The SMILES string of the molecule is CCNC(=NCCc1nc(-c2ccco2)n[nH]1)N(C)Cc1ccccc1OC. The Kier molecular flexibility index (Phi) is 6.67. The predicted molar refractivity (Wildman–Crippen MR) is 108 cm³/mol. The van der Waals surface area contributed by atoms with Gasteiger partial charge in [0.05, 0.1) is 13.4 Å². The maximum atomic E-state index is 5.44. The van der Waals surface area contributed by atoms with Crippen molar-refractivity contribution < 1.29 is 9.15 Å². The highest BCUT2D eigenvalue weighted by Gasteiger charge is 2.11. The van der Waals surface area contributed by atoms with E-state index >= 15 is 0 Å². The molecule has 0 saturated heterocycles. The van der Waals surface area contributed by atoms with Crippen LogP contribution in [0.4, 0.5) is 0 Å². The molecule has 0 saturated carbocycles. The molecule has 0 aliphatic rings. The number of aromatic nitrogens is 3. The zero-order chi connectivity index (χ0) is 19.8. The largest absolute Gasteiger partial charge is 0.496 e. The summed E-state index contributed by atoms with van der Waals surface area (Å²) in [6.07, 6.45) is 2.26. The van der Waals surface area contributed by atoms with Gasteiger partial charge in [0, 0.05) is 38.7 Å². The van der Waals surface area contributed by atoms with Crippen molar-refractivity contribution in [1.29, 1.82) is 0 Å². The lowest BCUT2D eigenvalue weighted by molar-refractivity contribution is 0.396. The molecule has 0 aliphatic heterocycles. The second kappa shape index (κ2) is 9.59. The van der Waals surface area contributed by atoms with Crippen molar-refractivity contribution in [1.82, 2.24) is 25.4 Å². The number of hydrogen-bond acceptors (Lipinski definition) is 5. The highest BCUT2D eigenvalue weighted by atomic mass is 16.5. The molecule has 0 amide bonds. The van der Waals surface area contributed by atoms with Crippen LogP contribution in [0, 0.1) is 0 Å². The molecule has 0 spiro atoms. The zero-order valence-corrected chi connectivity index (χ0v) is 16.5. The fourth-order valence-electron chi connectivity index (χ4n) is 2.82. The van der Waals surface area contributed by atoms with Gasteiger partial charge in [-0.05, 0) is 25.1 Å². The maximum absolute atomic E-state index is 5.44. The van der Waals surface area contributed by atoms with Crippen molar-refractivity contribution in [3.05, 3.63) is 54.0 Å². The second-order valence-electron chi connectivity index (χ2n) is 6.24. The Morgan fingerprint density at radius 2 is 2.14 bits per heavy atom. The third-order valence-corrected chi connectivity index (χ3v) is 4.18. The summed E-state index contributed by atoms with van der Waals surface area (Å²) < 4.78 is 10.8. The summed E-state index contributed by atoms with van der Waals surface area (Å²) >= 11 is 0. The number of guanidine groups is 1. The van der Waals surface area contributed by atoms with Crippen molar-refractivity contribution in [3.63, 3.8) is 0 Å². The first-order valence-corrected chi connectivity index (χ1v) is 9.27. The molecular weight excluding hydrogens is 356 g/mol. The molecule has 0 radical (unpaired) electrons. The van der Waals surface area contributed by atoms with Crippen LogP contribution < -0.4 is 10.1 Å². The van der Waals surface area contributed by atoms with Crippen LogP contribution in [0.1, 0.15) is 18.3 Å². The van der Waals surface area contributed by atoms with Gasteiger partial charge in [0.15, 0.2) is 11.7 Å². The first-order chi connectivity index (χ1) is 13.7.